The molecule has 0 bridgehead atoms. The summed E-state index contributed by atoms with van der Waals surface area (Å²) in [4.78, 5) is 16.3. The number of nitrogens with zero attached hydrogens (tertiary/aromatic N) is 2. The highest BCUT2D eigenvalue weighted by atomic mass is 16.5. The largest absolute Gasteiger partial charge is 0.486 e. The van der Waals surface area contributed by atoms with E-state index in [1.165, 1.54) is 0 Å². The number of benzene rings is 1. The molecule has 0 spiro atoms. The van der Waals surface area contributed by atoms with Crippen molar-refractivity contribution in [3.63, 3.8) is 0 Å². The second-order valence-corrected chi connectivity index (χ2v) is 6.00. The lowest BCUT2D eigenvalue weighted by Crippen LogP contribution is -2.28. The van der Waals surface area contributed by atoms with Gasteiger partial charge in [0.05, 0.1) is 18.2 Å². The minimum absolute atomic E-state index is 0.133. The molecule has 0 atom stereocenters. The van der Waals surface area contributed by atoms with Gasteiger partial charge < -0.3 is 19.3 Å². The van der Waals surface area contributed by atoms with E-state index in [9.17, 15) is 4.79 Å². The van der Waals surface area contributed by atoms with Gasteiger partial charge in [-0.25, -0.2) is 0 Å². The van der Waals surface area contributed by atoms with Gasteiger partial charge in [-0.15, -0.1) is 0 Å². The Morgan fingerprint density at radius 3 is 3.00 bits per heavy atom. The molecule has 0 fully saturated rings. The second kappa shape index (κ2) is 8.44. The van der Waals surface area contributed by atoms with Crippen LogP contribution in [0.3, 0.4) is 0 Å². The summed E-state index contributed by atoms with van der Waals surface area (Å²) in [5.41, 5.74) is 1.12. The molecule has 1 N–H and O–H groups in total. The van der Waals surface area contributed by atoms with Gasteiger partial charge in [-0.05, 0) is 38.1 Å². The third-order valence-electron chi connectivity index (χ3n) is 3.59. The van der Waals surface area contributed by atoms with E-state index in [0.29, 0.717) is 24.7 Å². The first-order valence-electron chi connectivity index (χ1n) is 8.45. The fraction of sp³-hybridized carbons (Fsp3) is 0.316. The lowest BCUT2D eigenvalue weighted by molar-refractivity contribution is 0.0743. The molecule has 0 aliphatic heterocycles. The SMILES string of the molecule is CC(C)OCCNC(=O)c1cc(COc2ccc3ncccc3c2)on1. The van der Waals surface area contributed by atoms with Crippen molar-refractivity contribution in [2.75, 3.05) is 13.2 Å². The molecule has 0 aliphatic rings. The minimum atomic E-state index is -0.302. The molecule has 7 nitrogen and oxygen atoms in total. The van der Waals surface area contributed by atoms with Crippen LogP contribution in [0.4, 0.5) is 0 Å². The highest BCUT2D eigenvalue weighted by Gasteiger charge is 2.12. The van der Waals surface area contributed by atoms with Gasteiger partial charge in [-0.2, -0.15) is 0 Å². The van der Waals surface area contributed by atoms with E-state index in [2.05, 4.69) is 15.5 Å². The smallest absolute Gasteiger partial charge is 0.273 e. The van der Waals surface area contributed by atoms with Gasteiger partial charge >= 0.3 is 0 Å². The Kier molecular flexibility index (Phi) is 5.80. The van der Waals surface area contributed by atoms with Gasteiger partial charge in [0.25, 0.3) is 5.91 Å². The van der Waals surface area contributed by atoms with E-state index < -0.39 is 0 Å². The number of hydrogen-bond acceptors (Lipinski definition) is 6. The average Bonchev–Trinajstić information content (AvgIpc) is 3.12. The number of amides is 1. The van der Waals surface area contributed by atoms with Gasteiger partial charge in [-0.1, -0.05) is 11.2 Å². The molecular formula is C19H21N3O4. The van der Waals surface area contributed by atoms with Crippen LogP contribution >= 0.6 is 0 Å². The highest BCUT2D eigenvalue weighted by molar-refractivity contribution is 5.92. The van der Waals surface area contributed by atoms with Crippen LogP contribution in [0, 0.1) is 0 Å². The van der Waals surface area contributed by atoms with Crippen LogP contribution in [0.1, 0.15) is 30.1 Å². The predicted octanol–water partition coefficient (Wildman–Crippen LogP) is 2.96. The molecule has 2 aromatic heterocycles. The summed E-state index contributed by atoms with van der Waals surface area (Å²) < 4.78 is 16.2. The summed E-state index contributed by atoms with van der Waals surface area (Å²) in [6.07, 6.45) is 1.88. The fourth-order valence-corrected chi connectivity index (χ4v) is 2.34. The van der Waals surface area contributed by atoms with Crippen molar-refractivity contribution in [2.24, 2.45) is 0 Å². The van der Waals surface area contributed by atoms with E-state index in [4.69, 9.17) is 14.0 Å². The third kappa shape index (κ3) is 4.80. The second-order valence-electron chi connectivity index (χ2n) is 6.00. The number of pyridine rings is 1. The van der Waals surface area contributed by atoms with Crippen molar-refractivity contribution >= 4 is 16.8 Å². The van der Waals surface area contributed by atoms with Gasteiger partial charge in [0, 0.05) is 24.2 Å². The molecule has 0 saturated carbocycles. The summed E-state index contributed by atoms with van der Waals surface area (Å²) in [7, 11) is 0. The molecule has 0 unspecified atom stereocenters. The Morgan fingerprint density at radius 1 is 1.27 bits per heavy atom. The van der Waals surface area contributed by atoms with Crippen molar-refractivity contribution in [3.05, 3.63) is 54.0 Å². The van der Waals surface area contributed by atoms with Crippen LogP contribution in [0.2, 0.25) is 0 Å². The molecule has 0 aliphatic carbocycles. The lowest BCUT2D eigenvalue weighted by atomic mass is 10.2. The Hall–Kier alpha value is -2.93. The predicted molar refractivity (Wildman–Crippen MR) is 96.0 cm³/mol. The lowest BCUT2D eigenvalue weighted by Gasteiger charge is -2.07. The van der Waals surface area contributed by atoms with E-state index >= 15 is 0 Å². The number of rotatable bonds is 8. The molecule has 7 heteroatoms. The number of carbonyl (C=O) groups excluding carboxylic acids is 1. The van der Waals surface area contributed by atoms with Crippen LogP contribution in [-0.4, -0.2) is 35.3 Å². The van der Waals surface area contributed by atoms with Gasteiger partial charge in [0.15, 0.2) is 11.5 Å². The van der Waals surface area contributed by atoms with Gasteiger partial charge in [-0.3, -0.25) is 9.78 Å². The zero-order chi connectivity index (χ0) is 18.4. The number of nitrogens with one attached hydrogen (secondary N) is 1. The average molecular weight is 355 g/mol. The Bertz CT molecular complexity index is 876. The minimum Gasteiger partial charge on any atom is -0.486 e. The number of aromatic nitrogens is 2. The maximum absolute atomic E-state index is 12.0. The summed E-state index contributed by atoms with van der Waals surface area (Å²) >= 11 is 0. The summed E-state index contributed by atoms with van der Waals surface area (Å²) in [5, 5.41) is 7.49. The van der Waals surface area contributed by atoms with E-state index in [1.54, 1.807) is 12.3 Å². The first-order valence-corrected chi connectivity index (χ1v) is 8.45. The summed E-state index contributed by atoms with van der Waals surface area (Å²) in [6.45, 7) is 4.94. The Labute approximate surface area is 151 Å². The Morgan fingerprint density at radius 2 is 2.15 bits per heavy atom. The number of carbonyl (C=O) groups is 1. The Balaban J connectivity index is 1.52. The number of ether oxygens (including phenoxy) is 2. The fourth-order valence-electron chi connectivity index (χ4n) is 2.34. The van der Waals surface area contributed by atoms with Crippen molar-refractivity contribution in [2.45, 2.75) is 26.6 Å². The molecule has 3 aromatic rings. The molecule has 0 radical (unpaired) electrons. The molecule has 136 valence electrons. The molecule has 1 aromatic carbocycles. The summed E-state index contributed by atoms with van der Waals surface area (Å²) in [5.74, 6) is 0.864. The van der Waals surface area contributed by atoms with Gasteiger partial charge in [0.2, 0.25) is 0 Å². The first-order chi connectivity index (χ1) is 12.6. The van der Waals surface area contributed by atoms with E-state index in [1.807, 2.05) is 44.2 Å². The van der Waals surface area contributed by atoms with Crippen LogP contribution in [0.15, 0.2) is 47.1 Å². The number of hydrogen-bond donors (Lipinski definition) is 1. The topological polar surface area (TPSA) is 86.5 Å². The van der Waals surface area contributed by atoms with Crippen molar-refractivity contribution < 1.29 is 18.8 Å². The first kappa shape index (κ1) is 17.9. The van der Waals surface area contributed by atoms with Crippen molar-refractivity contribution in [1.82, 2.24) is 15.5 Å². The standard InChI is InChI=1S/C19H21N3O4/c1-13(2)24-9-8-21-19(23)18-11-16(26-22-18)12-25-15-5-6-17-14(10-15)4-3-7-20-17/h3-7,10-11,13H,8-9,12H2,1-2H3,(H,21,23). The zero-order valence-corrected chi connectivity index (χ0v) is 14.8. The molecule has 3 rings (SSSR count). The maximum atomic E-state index is 12.0. The summed E-state index contributed by atoms with van der Waals surface area (Å²) in [6, 6.07) is 11.0. The van der Waals surface area contributed by atoms with Crippen LogP contribution in [-0.2, 0) is 11.3 Å². The zero-order valence-electron chi connectivity index (χ0n) is 14.8. The van der Waals surface area contributed by atoms with Crippen LogP contribution in [0.5, 0.6) is 5.75 Å². The molecular weight excluding hydrogens is 334 g/mol. The monoisotopic (exact) mass is 355 g/mol. The maximum Gasteiger partial charge on any atom is 0.273 e. The van der Waals surface area contributed by atoms with Crippen molar-refractivity contribution in [1.29, 1.82) is 0 Å². The van der Waals surface area contributed by atoms with Crippen molar-refractivity contribution in [3.8, 4) is 5.75 Å². The third-order valence-corrected chi connectivity index (χ3v) is 3.59. The molecule has 0 saturated heterocycles. The molecule has 26 heavy (non-hydrogen) atoms. The van der Waals surface area contributed by atoms with Crippen LogP contribution < -0.4 is 10.1 Å². The quantitative estimate of drug-likeness (QED) is 0.625. The number of fused-ring (bicyclic) bond motifs is 1. The van der Waals surface area contributed by atoms with Crippen LogP contribution in [0.25, 0.3) is 10.9 Å². The molecule has 2 heterocycles. The van der Waals surface area contributed by atoms with E-state index in [0.717, 1.165) is 10.9 Å². The molecule has 1 amide bonds. The van der Waals surface area contributed by atoms with E-state index in [-0.39, 0.29) is 24.3 Å². The normalized spacial score (nSPS) is 11.0. The highest BCUT2D eigenvalue weighted by Crippen LogP contribution is 2.20. The van der Waals surface area contributed by atoms with Gasteiger partial charge in [0.1, 0.15) is 12.4 Å².